The Bertz CT molecular complexity index is 318. The third kappa shape index (κ3) is 1.15. The number of nitrogens with zero attached hydrogens (tertiary/aromatic N) is 3. The molecule has 0 spiro atoms. The number of hydrogen-bond acceptors (Lipinski definition) is 2. The first-order chi connectivity index (χ1) is 5.67. The molecule has 1 atom stereocenters. The average molecular weight is 165 g/mol. The smallest absolute Gasteiger partial charge is 0.155 e. The van der Waals surface area contributed by atoms with E-state index in [4.69, 9.17) is 0 Å². The van der Waals surface area contributed by atoms with Gasteiger partial charge in [-0.3, -0.25) is 0 Å². The van der Waals surface area contributed by atoms with Gasteiger partial charge < -0.3 is 0 Å². The lowest BCUT2D eigenvalue weighted by atomic mass is 10.1. The third-order valence-electron chi connectivity index (χ3n) is 1.70. The standard InChI is InChI=1S/C8H8FN3/c1-8(9)3-2-7-10-6-11-12(7)5-4-8/h2-6H,1H3. The van der Waals surface area contributed by atoms with Gasteiger partial charge >= 0.3 is 0 Å². The first-order valence-corrected chi connectivity index (χ1v) is 3.64. The van der Waals surface area contributed by atoms with Crippen LogP contribution in [-0.2, 0) is 0 Å². The molecule has 0 amide bonds. The van der Waals surface area contributed by atoms with Crippen molar-refractivity contribution in [1.29, 1.82) is 0 Å². The minimum atomic E-state index is -1.40. The molecule has 0 radical (unpaired) electrons. The summed E-state index contributed by atoms with van der Waals surface area (Å²) < 4.78 is 14.9. The Morgan fingerprint density at radius 2 is 2.33 bits per heavy atom. The van der Waals surface area contributed by atoms with E-state index in [2.05, 4.69) is 10.1 Å². The van der Waals surface area contributed by atoms with Crippen LogP contribution < -0.4 is 0 Å². The number of allylic oxidation sites excluding steroid dienone is 2. The summed E-state index contributed by atoms with van der Waals surface area (Å²) in [5, 5.41) is 3.88. The van der Waals surface area contributed by atoms with Crippen LogP contribution >= 0.6 is 0 Å². The van der Waals surface area contributed by atoms with Gasteiger partial charge in [-0.05, 0) is 25.2 Å². The quantitative estimate of drug-likeness (QED) is 0.583. The molecule has 0 saturated carbocycles. The van der Waals surface area contributed by atoms with Gasteiger partial charge in [-0.2, -0.15) is 5.10 Å². The minimum Gasteiger partial charge on any atom is -0.235 e. The molecule has 0 fully saturated rings. The normalized spacial score (nSPS) is 26.8. The second-order valence-corrected chi connectivity index (χ2v) is 2.86. The molecule has 0 saturated heterocycles. The van der Waals surface area contributed by atoms with E-state index < -0.39 is 5.67 Å². The molecule has 0 aliphatic carbocycles. The highest BCUT2D eigenvalue weighted by Gasteiger charge is 2.17. The number of fused-ring (bicyclic) bond motifs is 1. The molecule has 2 rings (SSSR count). The van der Waals surface area contributed by atoms with Crippen molar-refractivity contribution in [3.05, 3.63) is 24.3 Å². The monoisotopic (exact) mass is 165 g/mol. The maximum Gasteiger partial charge on any atom is 0.155 e. The lowest BCUT2D eigenvalue weighted by Crippen LogP contribution is -2.07. The zero-order chi connectivity index (χ0) is 8.60. The molecule has 0 N–H and O–H groups in total. The highest BCUT2D eigenvalue weighted by atomic mass is 19.1. The van der Waals surface area contributed by atoms with Crippen LogP contribution in [0.25, 0.3) is 12.3 Å². The van der Waals surface area contributed by atoms with E-state index in [1.165, 1.54) is 30.1 Å². The van der Waals surface area contributed by atoms with Crippen LogP contribution in [0.1, 0.15) is 12.7 Å². The number of aromatic nitrogens is 3. The summed E-state index contributed by atoms with van der Waals surface area (Å²) in [6.45, 7) is 1.48. The summed E-state index contributed by atoms with van der Waals surface area (Å²) in [6, 6.07) is 0. The summed E-state index contributed by atoms with van der Waals surface area (Å²) >= 11 is 0. The van der Waals surface area contributed by atoms with Gasteiger partial charge in [0.1, 0.15) is 12.0 Å². The second-order valence-electron chi connectivity index (χ2n) is 2.86. The van der Waals surface area contributed by atoms with Crippen molar-refractivity contribution in [2.45, 2.75) is 12.6 Å². The molecule has 1 aliphatic rings. The molecule has 4 heteroatoms. The van der Waals surface area contributed by atoms with Crippen molar-refractivity contribution < 1.29 is 4.39 Å². The van der Waals surface area contributed by atoms with Gasteiger partial charge in [0.15, 0.2) is 5.82 Å². The fourth-order valence-corrected chi connectivity index (χ4v) is 1.00. The van der Waals surface area contributed by atoms with Gasteiger partial charge in [-0.15, -0.1) is 0 Å². The van der Waals surface area contributed by atoms with E-state index in [9.17, 15) is 4.39 Å². The molecule has 0 aromatic carbocycles. The first kappa shape index (κ1) is 7.21. The number of alkyl halides is 1. The predicted molar refractivity (Wildman–Crippen MR) is 43.9 cm³/mol. The van der Waals surface area contributed by atoms with Crippen molar-refractivity contribution in [2.75, 3.05) is 0 Å². The maximum atomic E-state index is 13.3. The van der Waals surface area contributed by atoms with Gasteiger partial charge in [0.2, 0.25) is 0 Å². The molecule has 62 valence electrons. The number of rotatable bonds is 0. The van der Waals surface area contributed by atoms with Gasteiger partial charge in [-0.25, -0.2) is 14.1 Å². The van der Waals surface area contributed by atoms with Gasteiger partial charge in [0, 0.05) is 6.20 Å². The lowest BCUT2D eigenvalue weighted by Gasteiger charge is -2.06. The topological polar surface area (TPSA) is 30.7 Å². The summed E-state index contributed by atoms with van der Waals surface area (Å²) in [6.07, 6.45) is 7.52. The van der Waals surface area contributed by atoms with Crippen molar-refractivity contribution in [3.63, 3.8) is 0 Å². The van der Waals surface area contributed by atoms with Crippen LogP contribution in [-0.4, -0.2) is 20.4 Å². The highest BCUT2D eigenvalue weighted by molar-refractivity contribution is 5.50. The Labute approximate surface area is 69.2 Å². The zero-order valence-electron chi connectivity index (χ0n) is 6.61. The van der Waals surface area contributed by atoms with Crippen LogP contribution in [0.4, 0.5) is 4.39 Å². The Balaban J connectivity index is 2.49. The third-order valence-corrected chi connectivity index (χ3v) is 1.70. The molecule has 1 aliphatic heterocycles. The second kappa shape index (κ2) is 2.27. The summed E-state index contributed by atoms with van der Waals surface area (Å²) in [5.41, 5.74) is -1.40. The SMILES string of the molecule is CC1(F)C=Cc2ncnn2C=C1. The Morgan fingerprint density at radius 3 is 3.17 bits per heavy atom. The fourth-order valence-electron chi connectivity index (χ4n) is 1.00. The summed E-state index contributed by atoms with van der Waals surface area (Å²) in [7, 11) is 0. The van der Waals surface area contributed by atoms with E-state index >= 15 is 0 Å². The summed E-state index contributed by atoms with van der Waals surface area (Å²) in [4.78, 5) is 3.93. The number of halogens is 1. The summed E-state index contributed by atoms with van der Waals surface area (Å²) in [5.74, 6) is 0.646. The highest BCUT2D eigenvalue weighted by Crippen LogP contribution is 2.18. The van der Waals surface area contributed by atoms with Crippen molar-refractivity contribution in [2.24, 2.45) is 0 Å². The molecule has 1 aromatic heterocycles. The van der Waals surface area contributed by atoms with E-state index in [0.29, 0.717) is 5.82 Å². The Kier molecular flexibility index (Phi) is 1.36. The lowest BCUT2D eigenvalue weighted by molar-refractivity contribution is 0.331. The van der Waals surface area contributed by atoms with Gasteiger partial charge in [0.25, 0.3) is 0 Å². The molecular formula is C8H8FN3. The van der Waals surface area contributed by atoms with E-state index in [0.717, 1.165) is 0 Å². The zero-order valence-corrected chi connectivity index (χ0v) is 6.61. The van der Waals surface area contributed by atoms with Crippen LogP contribution in [0.5, 0.6) is 0 Å². The van der Waals surface area contributed by atoms with Crippen LogP contribution in [0.3, 0.4) is 0 Å². The molecule has 1 unspecified atom stereocenters. The molecule has 2 heterocycles. The minimum absolute atomic E-state index is 0.646. The van der Waals surface area contributed by atoms with E-state index in [1.54, 1.807) is 12.3 Å². The van der Waals surface area contributed by atoms with E-state index in [1.807, 2.05) is 0 Å². The van der Waals surface area contributed by atoms with Crippen molar-refractivity contribution in [3.8, 4) is 0 Å². The molecular weight excluding hydrogens is 157 g/mol. The molecule has 3 nitrogen and oxygen atoms in total. The van der Waals surface area contributed by atoms with Crippen molar-refractivity contribution >= 4 is 12.3 Å². The predicted octanol–water partition coefficient (Wildman–Crippen LogP) is 1.50. The molecule has 12 heavy (non-hydrogen) atoms. The number of hydrogen-bond donors (Lipinski definition) is 0. The van der Waals surface area contributed by atoms with E-state index in [-0.39, 0.29) is 0 Å². The first-order valence-electron chi connectivity index (χ1n) is 3.64. The largest absolute Gasteiger partial charge is 0.235 e. The van der Waals surface area contributed by atoms with Crippen molar-refractivity contribution in [1.82, 2.24) is 14.8 Å². The molecule has 0 bridgehead atoms. The Hall–Kier alpha value is -1.45. The van der Waals surface area contributed by atoms with Gasteiger partial charge in [-0.1, -0.05) is 0 Å². The van der Waals surface area contributed by atoms with Crippen LogP contribution in [0.2, 0.25) is 0 Å². The van der Waals surface area contributed by atoms with Crippen LogP contribution in [0, 0.1) is 0 Å². The van der Waals surface area contributed by atoms with Crippen LogP contribution in [0.15, 0.2) is 18.5 Å². The molecule has 1 aromatic rings. The van der Waals surface area contributed by atoms with Gasteiger partial charge in [0.05, 0.1) is 0 Å². The maximum absolute atomic E-state index is 13.3. The average Bonchev–Trinajstić information content (AvgIpc) is 2.40. The Morgan fingerprint density at radius 1 is 1.50 bits per heavy atom. The fraction of sp³-hybridized carbons (Fsp3) is 0.250.